The van der Waals surface area contributed by atoms with E-state index in [0.717, 1.165) is 27.2 Å². The van der Waals surface area contributed by atoms with E-state index in [1.807, 2.05) is 24.3 Å². The van der Waals surface area contributed by atoms with Crippen LogP contribution in [0.1, 0.15) is 16.3 Å². The van der Waals surface area contributed by atoms with Crippen LogP contribution in [0.5, 0.6) is 0 Å². The second-order valence-electron chi connectivity index (χ2n) is 3.12. The van der Waals surface area contributed by atoms with Crippen molar-refractivity contribution in [2.75, 3.05) is 0 Å². The summed E-state index contributed by atoms with van der Waals surface area (Å²) in [5.74, 6) is 1.53. The number of hydrogen-bond donors (Lipinski definition) is 1. The van der Waals surface area contributed by atoms with E-state index < -0.39 is 0 Å². The molecule has 0 amide bonds. The van der Waals surface area contributed by atoms with E-state index in [9.17, 15) is 4.79 Å². The molecule has 0 aliphatic carbocycles. The van der Waals surface area contributed by atoms with Crippen LogP contribution in [0.15, 0.2) is 39.8 Å². The van der Waals surface area contributed by atoms with Gasteiger partial charge in [-0.2, -0.15) is 0 Å². The maximum atomic E-state index is 10.5. The number of halogens is 1. The first kappa shape index (κ1) is 11.4. The zero-order chi connectivity index (χ0) is 11.4. The van der Waals surface area contributed by atoms with Gasteiger partial charge < -0.3 is 4.98 Å². The minimum Gasteiger partial charge on any atom is -0.339 e. The molecule has 1 heterocycles. The number of thioether (sulfide) groups is 1. The van der Waals surface area contributed by atoms with Crippen LogP contribution in [0, 0.1) is 0 Å². The molecule has 0 saturated heterocycles. The SMILES string of the molecule is O=Cc1cnc(CSc2ccccc2Br)[nH]1. The van der Waals surface area contributed by atoms with Gasteiger partial charge in [0.05, 0.1) is 17.6 Å². The summed E-state index contributed by atoms with van der Waals surface area (Å²) in [5, 5.41) is 0. The number of benzene rings is 1. The molecule has 1 aromatic carbocycles. The first-order valence-electron chi connectivity index (χ1n) is 4.66. The summed E-state index contributed by atoms with van der Waals surface area (Å²) < 4.78 is 1.07. The Kier molecular flexibility index (Phi) is 3.79. The van der Waals surface area contributed by atoms with Crippen molar-refractivity contribution in [3.8, 4) is 0 Å². The number of imidazole rings is 1. The predicted octanol–water partition coefficient (Wildman–Crippen LogP) is 3.28. The lowest BCUT2D eigenvalue weighted by Crippen LogP contribution is -1.85. The Morgan fingerprint density at radius 2 is 2.25 bits per heavy atom. The lowest BCUT2D eigenvalue weighted by molar-refractivity contribution is 0.111. The van der Waals surface area contributed by atoms with E-state index in [0.29, 0.717) is 5.69 Å². The second-order valence-corrected chi connectivity index (χ2v) is 4.99. The molecule has 1 aromatic heterocycles. The first-order chi connectivity index (χ1) is 7.79. The molecule has 0 fully saturated rings. The average Bonchev–Trinajstić information content (AvgIpc) is 2.76. The normalized spacial score (nSPS) is 10.3. The Bertz CT molecular complexity index is 498. The molecule has 3 nitrogen and oxygen atoms in total. The largest absolute Gasteiger partial charge is 0.339 e. The average molecular weight is 297 g/mol. The van der Waals surface area contributed by atoms with Gasteiger partial charge in [-0.1, -0.05) is 12.1 Å². The van der Waals surface area contributed by atoms with Crippen LogP contribution in [0.4, 0.5) is 0 Å². The summed E-state index contributed by atoms with van der Waals surface area (Å²) in [5.41, 5.74) is 0.516. The molecule has 0 aliphatic heterocycles. The molecule has 16 heavy (non-hydrogen) atoms. The Morgan fingerprint density at radius 3 is 2.94 bits per heavy atom. The number of nitrogens with one attached hydrogen (secondary N) is 1. The Labute approximate surface area is 106 Å². The Morgan fingerprint density at radius 1 is 1.44 bits per heavy atom. The van der Waals surface area contributed by atoms with Crippen LogP contribution in [-0.4, -0.2) is 16.3 Å². The smallest absolute Gasteiger partial charge is 0.167 e. The van der Waals surface area contributed by atoms with E-state index in [2.05, 4.69) is 25.9 Å². The van der Waals surface area contributed by atoms with Gasteiger partial charge in [0.15, 0.2) is 6.29 Å². The zero-order valence-electron chi connectivity index (χ0n) is 8.31. The number of carbonyl (C=O) groups excluding carboxylic acids is 1. The Balaban J connectivity index is 2.02. The van der Waals surface area contributed by atoms with Gasteiger partial charge in [0.2, 0.25) is 0 Å². The van der Waals surface area contributed by atoms with Gasteiger partial charge >= 0.3 is 0 Å². The summed E-state index contributed by atoms with van der Waals surface area (Å²) in [6.07, 6.45) is 2.31. The van der Waals surface area contributed by atoms with Crippen LogP contribution < -0.4 is 0 Å². The highest BCUT2D eigenvalue weighted by atomic mass is 79.9. The highest BCUT2D eigenvalue weighted by Gasteiger charge is 2.03. The van der Waals surface area contributed by atoms with Crippen molar-refractivity contribution in [3.05, 3.63) is 46.5 Å². The fraction of sp³-hybridized carbons (Fsp3) is 0.0909. The van der Waals surface area contributed by atoms with Gasteiger partial charge in [0.25, 0.3) is 0 Å². The second kappa shape index (κ2) is 5.32. The van der Waals surface area contributed by atoms with E-state index in [4.69, 9.17) is 0 Å². The first-order valence-corrected chi connectivity index (χ1v) is 6.44. The molecule has 1 N–H and O–H groups in total. The molecule has 0 saturated carbocycles. The van der Waals surface area contributed by atoms with E-state index in [1.165, 1.54) is 0 Å². The summed E-state index contributed by atoms with van der Waals surface area (Å²) in [6, 6.07) is 8.01. The maximum Gasteiger partial charge on any atom is 0.167 e. The molecule has 0 spiro atoms. The number of aromatic amines is 1. The standard InChI is InChI=1S/C11H9BrN2OS/c12-9-3-1-2-4-10(9)16-7-11-13-5-8(6-15)14-11/h1-6H,7H2,(H,13,14). The van der Waals surface area contributed by atoms with Crippen molar-refractivity contribution in [1.29, 1.82) is 0 Å². The van der Waals surface area contributed by atoms with Gasteiger partial charge in [-0.3, -0.25) is 4.79 Å². The summed E-state index contributed by atoms with van der Waals surface area (Å²) in [6.45, 7) is 0. The Hall–Kier alpha value is -1.07. The minimum absolute atomic E-state index is 0.516. The lowest BCUT2D eigenvalue weighted by Gasteiger charge is -2.01. The van der Waals surface area contributed by atoms with E-state index >= 15 is 0 Å². The zero-order valence-corrected chi connectivity index (χ0v) is 10.7. The number of aromatic nitrogens is 2. The molecular formula is C11H9BrN2OS. The van der Waals surface area contributed by atoms with E-state index in [-0.39, 0.29) is 0 Å². The molecule has 0 bridgehead atoms. The minimum atomic E-state index is 0.516. The van der Waals surface area contributed by atoms with Gasteiger partial charge in [-0.05, 0) is 28.1 Å². The van der Waals surface area contributed by atoms with Crippen LogP contribution in [0.2, 0.25) is 0 Å². The van der Waals surface area contributed by atoms with Crippen LogP contribution >= 0.6 is 27.7 Å². The number of aldehydes is 1. The van der Waals surface area contributed by atoms with Crippen molar-refractivity contribution in [2.45, 2.75) is 10.6 Å². The maximum absolute atomic E-state index is 10.5. The van der Waals surface area contributed by atoms with Crippen molar-refractivity contribution >= 4 is 34.0 Å². The molecule has 0 unspecified atom stereocenters. The monoisotopic (exact) mass is 296 g/mol. The summed E-state index contributed by atoms with van der Waals surface area (Å²) in [4.78, 5) is 18.7. The molecule has 2 rings (SSSR count). The lowest BCUT2D eigenvalue weighted by atomic mass is 10.4. The van der Waals surface area contributed by atoms with Crippen molar-refractivity contribution in [2.24, 2.45) is 0 Å². The number of hydrogen-bond acceptors (Lipinski definition) is 3. The third-order valence-electron chi connectivity index (χ3n) is 1.98. The molecule has 0 aliphatic rings. The van der Waals surface area contributed by atoms with Gasteiger partial charge in [-0.15, -0.1) is 11.8 Å². The van der Waals surface area contributed by atoms with Crippen LogP contribution in [0.25, 0.3) is 0 Å². The summed E-state index contributed by atoms with van der Waals surface area (Å²) >= 11 is 5.15. The molecule has 5 heteroatoms. The molecule has 82 valence electrons. The fourth-order valence-corrected chi connectivity index (χ4v) is 2.67. The number of nitrogens with zero attached hydrogens (tertiary/aromatic N) is 1. The van der Waals surface area contributed by atoms with Crippen LogP contribution in [0.3, 0.4) is 0 Å². The van der Waals surface area contributed by atoms with Crippen LogP contribution in [-0.2, 0) is 5.75 Å². The molecule has 0 radical (unpaired) electrons. The number of H-pyrrole nitrogens is 1. The van der Waals surface area contributed by atoms with Gasteiger partial charge in [-0.25, -0.2) is 4.98 Å². The third-order valence-corrected chi connectivity index (χ3v) is 4.01. The van der Waals surface area contributed by atoms with Gasteiger partial charge in [0.1, 0.15) is 5.82 Å². The number of carbonyl (C=O) groups is 1. The predicted molar refractivity (Wildman–Crippen MR) is 67.7 cm³/mol. The quantitative estimate of drug-likeness (QED) is 0.696. The van der Waals surface area contributed by atoms with Gasteiger partial charge in [0, 0.05) is 9.37 Å². The highest BCUT2D eigenvalue weighted by Crippen LogP contribution is 2.28. The van der Waals surface area contributed by atoms with Crippen molar-refractivity contribution < 1.29 is 4.79 Å². The molecular weight excluding hydrogens is 288 g/mol. The van der Waals surface area contributed by atoms with Crippen molar-refractivity contribution in [3.63, 3.8) is 0 Å². The highest BCUT2D eigenvalue weighted by molar-refractivity contribution is 9.10. The number of rotatable bonds is 4. The topological polar surface area (TPSA) is 45.8 Å². The molecule has 2 aromatic rings. The third kappa shape index (κ3) is 2.74. The summed E-state index contributed by atoms with van der Waals surface area (Å²) in [7, 11) is 0. The fourth-order valence-electron chi connectivity index (χ4n) is 1.22. The molecule has 0 atom stereocenters. The van der Waals surface area contributed by atoms with Crippen molar-refractivity contribution in [1.82, 2.24) is 9.97 Å². The van der Waals surface area contributed by atoms with E-state index in [1.54, 1.807) is 18.0 Å².